The largest absolute Gasteiger partial charge is 0.508 e. The summed E-state index contributed by atoms with van der Waals surface area (Å²) < 4.78 is 2.07. The van der Waals surface area contributed by atoms with Gasteiger partial charge in [-0.2, -0.15) is 0 Å². The second-order valence-electron chi connectivity index (χ2n) is 4.73. The third kappa shape index (κ3) is 1.88. The Balaban J connectivity index is 2.02. The lowest BCUT2D eigenvalue weighted by atomic mass is 10.1. The van der Waals surface area contributed by atoms with E-state index in [4.69, 9.17) is 0 Å². The number of phenols is 1. The monoisotopic (exact) mass is 244 g/mol. The Labute approximate surface area is 106 Å². The van der Waals surface area contributed by atoms with E-state index in [1.54, 1.807) is 12.1 Å². The third-order valence-corrected chi connectivity index (χ3v) is 3.49. The van der Waals surface area contributed by atoms with E-state index in [2.05, 4.69) is 9.55 Å². The van der Waals surface area contributed by atoms with Gasteiger partial charge >= 0.3 is 0 Å². The summed E-state index contributed by atoms with van der Waals surface area (Å²) in [6.07, 6.45) is 5.00. The standard InChI is InChI=1S/C14H16N2O2/c17-9-11-4-2-6-14-15-13(8-16(11)14)10-3-1-5-12(18)7-10/h1,3,5,7-8,11,17-18H,2,4,6,9H2. The minimum Gasteiger partial charge on any atom is -0.508 e. The summed E-state index contributed by atoms with van der Waals surface area (Å²) in [5, 5.41) is 18.9. The lowest BCUT2D eigenvalue weighted by Crippen LogP contribution is -2.20. The van der Waals surface area contributed by atoms with Gasteiger partial charge in [0, 0.05) is 18.2 Å². The Morgan fingerprint density at radius 1 is 1.39 bits per heavy atom. The van der Waals surface area contributed by atoms with Gasteiger partial charge in [0.05, 0.1) is 18.3 Å². The zero-order chi connectivity index (χ0) is 12.5. The molecule has 0 spiro atoms. The van der Waals surface area contributed by atoms with Gasteiger partial charge in [0.2, 0.25) is 0 Å². The van der Waals surface area contributed by atoms with Crippen LogP contribution in [0.1, 0.15) is 24.7 Å². The number of aliphatic hydroxyl groups excluding tert-OH is 1. The third-order valence-electron chi connectivity index (χ3n) is 3.49. The highest BCUT2D eigenvalue weighted by Crippen LogP contribution is 2.29. The number of fused-ring (bicyclic) bond motifs is 1. The molecule has 2 N–H and O–H groups in total. The van der Waals surface area contributed by atoms with Crippen molar-refractivity contribution in [2.75, 3.05) is 6.61 Å². The van der Waals surface area contributed by atoms with Gasteiger partial charge in [-0.3, -0.25) is 0 Å². The molecular formula is C14H16N2O2. The van der Waals surface area contributed by atoms with E-state index in [-0.39, 0.29) is 18.4 Å². The van der Waals surface area contributed by atoms with Crippen LogP contribution in [0.3, 0.4) is 0 Å². The molecule has 0 fully saturated rings. The van der Waals surface area contributed by atoms with E-state index in [0.29, 0.717) is 0 Å². The van der Waals surface area contributed by atoms with Gasteiger partial charge in [0.1, 0.15) is 11.6 Å². The fourth-order valence-corrected chi connectivity index (χ4v) is 2.55. The first-order valence-electron chi connectivity index (χ1n) is 6.26. The van der Waals surface area contributed by atoms with Gasteiger partial charge in [0.25, 0.3) is 0 Å². The summed E-state index contributed by atoms with van der Waals surface area (Å²) in [5.74, 6) is 1.27. The van der Waals surface area contributed by atoms with Gasteiger partial charge in [-0.25, -0.2) is 4.98 Å². The zero-order valence-electron chi connectivity index (χ0n) is 10.1. The Kier molecular flexibility index (Phi) is 2.80. The van der Waals surface area contributed by atoms with Crippen LogP contribution in [0.5, 0.6) is 5.75 Å². The second-order valence-corrected chi connectivity index (χ2v) is 4.73. The maximum Gasteiger partial charge on any atom is 0.116 e. The quantitative estimate of drug-likeness (QED) is 0.850. The Morgan fingerprint density at radius 2 is 2.28 bits per heavy atom. The molecular weight excluding hydrogens is 228 g/mol. The number of imidazole rings is 1. The summed E-state index contributed by atoms with van der Waals surface area (Å²) in [5.41, 5.74) is 1.77. The molecule has 1 atom stereocenters. The molecule has 2 aromatic rings. The number of rotatable bonds is 2. The van der Waals surface area contributed by atoms with E-state index < -0.39 is 0 Å². The van der Waals surface area contributed by atoms with E-state index in [1.807, 2.05) is 18.3 Å². The van der Waals surface area contributed by atoms with Crippen LogP contribution in [0.4, 0.5) is 0 Å². The molecule has 0 saturated heterocycles. The Bertz CT molecular complexity index is 563. The molecule has 1 aromatic heterocycles. The number of hydrogen-bond donors (Lipinski definition) is 2. The molecule has 1 aliphatic heterocycles. The van der Waals surface area contributed by atoms with Gasteiger partial charge in [0.15, 0.2) is 0 Å². The van der Waals surface area contributed by atoms with E-state index in [9.17, 15) is 10.2 Å². The molecule has 0 bridgehead atoms. The maximum absolute atomic E-state index is 9.50. The molecule has 94 valence electrons. The zero-order valence-corrected chi connectivity index (χ0v) is 10.1. The van der Waals surface area contributed by atoms with Crippen molar-refractivity contribution in [1.82, 2.24) is 9.55 Å². The van der Waals surface area contributed by atoms with Crippen molar-refractivity contribution in [2.24, 2.45) is 0 Å². The number of hydrogen-bond acceptors (Lipinski definition) is 3. The first kappa shape index (κ1) is 11.3. The molecule has 2 heterocycles. The predicted octanol–water partition coefficient (Wildman–Crippen LogP) is 2.13. The van der Waals surface area contributed by atoms with Gasteiger partial charge in [-0.1, -0.05) is 12.1 Å². The Morgan fingerprint density at radius 3 is 3.06 bits per heavy atom. The fraction of sp³-hybridized carbons (Fsp3) is 0.357. The molecule has 4 heteroatoms. The van der Waals surface area contributed by atoms with Crippen molar-refractivity contribution in [3.63, 3.8) is 0 Å². The number of aliphatic hydroxyl groups is 1. The van der Waals surface area contributed by atoms with Crippen LogP contribution in [0, 0.1) is 0 Å². The average Bonchev–Trinajstić information content (AvgIpc) is 2.82. The highest BCUT2D eigenvalue weighted by molar-refractivity contribution is 5.60. The number of phenolic OH excluding ortho intramolecular Hbond substituents is 1. The molecule has 0 aliphatic carbocycles. The number of benzene rings is 1. The predicted molar refractivity (Wildman–Crippen MR) is 68.4 cm³/mol. The van der Waals surface area contributed by atoms with E-state index in [1.165, 1.54) is 0 Å². The molecule has 3 rings (SSSR count). The van der Waals surface area contributed by atoms with E-state index in [0.717, 1.165) is 36.3 Å². The van der Waals surface area contributed by atoms with E-state index >= 15 is 0 Å². The molecule has 0 saturated carbocycles. The van der Waals surface area contributed by atoms with Gasteiger partial charge in [-0.15, -0.1) is 0 Å². The summed E-state index contributed by atoms with van der Waals surface area (Å²) in [6.45, 7) is 0.156. The van der Waals surface area contributed by atoms with Crippen LogP contribution in [0.25, 0.3) is 11.3 Å². The molecule has 0 amide bonds. The lowest BCUT2D eigenvalue weighted by molar-refractivity contribution is 0.206. The maximum atomic E-state index is 9.50. The number of nitrogens with zero attached hydrogens (tertiary/aromatic N) is 2. The van der Waals surface area contributed by atoms with Crippen LogP contribution < -0.4 is 0 Å². The van der Waals surface area contributed by atoms with Crippen molar-refractivity contribution in [3.8, 4) is 17.0 Å². The first-order chi connectivity index (χ1) is 8.78. The van der Waals surface area contributed by atoms with Crippen LogP contribution in [0.2, 0.25) is 0 Å². The summed E-state index contributed by atoms with van der Waals surface area (Å²) in [7, 11) is 0. The summed E-state index contributed by atoms with van der Waals surface area (Å²) in [6, 6.07) is 7.25. The SMILES string of the molecule is OCC1CCCc2nc(-c3cccc(O)c3)cn21. The minimum atomic E-state index is 0.146. The summed E-state index contributed by atoms with van der Waals surface area (Å²) >= 11 is 0. The molecule has 1 aromatic carbocycles. The fourth-order valence-electron chi connectivity index (χ4n) is 2.55. The topological polar surface area (TPSA) is 58.3 Å². The number of aromatic hydroxyl groups is 1. The van der Waals surface area contributed by atoms with Crippen LogP contribution in [-0.2, 0) is 6.42 Å². The molecule has 1 aliphatic rings. The molecule has 4 nitrogen and oxygen atoms in total. The normalized spacial score (nSPS) is 18.6. The Hall–Kier alpha value is -1.81. The lowest BCUT2D eigenvalue weighted by Gasteiger charge is -2.22. The van der Waals surface area contributed by atoms with Crippen LogP contribution in [0.15, 0.2) is 30.5 Å². The number of aromatic nitrogens is 2. The second kappa shape index (κ2) is 4.46. The van der Waals surface area contributed by atoms with Crippen molar-refractivity contribution in [1.29, 1.82) is 0 Å². The molecule has 1 unspecified atom stereocenters. The van der Waals surface area contributed by atoms with Crippen molar-refractivity contribution < 1.29 is 10.2 Å². The smallest absolute Gasteiger partial charge is 0.116 e. The average molecular weight is 244 g/mol. The number of aryl methyl sites for hydroxylation is 1. The van der Waals surface area contributed by atoms with Gasteiger partial charge < -0.3 is 14.8 Å². The highest BCUT2D eigenvalue weighted by Gasteiger charge is 2.21. The van der Waals surface area contributed by atoms with Crippen LogP contribution >= 0.6 is 0 Å². The molecule has 0 radical (unpaired) electrons. The highest BCUT2D eigenvalue weighted by atomic mass is 16.3. The molecule has 18 heavy (non-hydrogen) atoms. The van der Waals surface area contributed by atoms with Gasteiger partial charge in [-0.05, 0) is 25.0 Å². The van der Waals surface area contributed by atoms with Crippen LogP contribution in [-0.4, -0.2) is 26.4 Å². The van der Waals surface area contributed by atoms with Crippen molar-refractivity contribution in [3.05, 3.63) is 36.3 Å². The van der Waals surface area contributed by atoms with Crippen molar-refractivity contribution in [2.45, 2.75) is 25.3 Å². The van der Waals surface area contributed by atoms with Crippen molar-refractivity contribution >= 4 is 0 Å². The summed E-state index contributed by atoms with van der Waals surface area (Å²) in [4.78, 5) is 4.60. The minimum absolute atomic E-state index is 0.146. The first-order valence-corrected chi connectivity index (χ1v) is 6.26.